The van der Waals surface area contributed by atoms with E-state index < -0.39 is 0 Å². The van der Waals surface area contributed by atoms with Crippen LogP contribution in [0.5, 0.6) is 0 Å². The molecule has 0 unspecified atom stereocenters. The molecule has 0 saturated carbocycles. The quantitative estimate of drug-likeness (QED) is 0.640. The van der Waals surface area contributed by atoms with Gasteiger partial charge in [-0.25, -0.2) is 14.2 Å². The SMILES string of the molecule is CCn1c(C[NH+]2CCN(c3ccccc3F)CC2)nc2c1c(=O)n(C)c(=O)n2C. The molecule has 0 aliphatic carbocycles. The van der Waals surface area contributed by atoms with Crippen LogP contribution in [-0.2, 0) is 27.2 Å². The lowest BCUT2D eigenvalue weighted by Crippen LogP contribution is -3.13. The first-order valence-electron chi connectivity index (χ1n) is 9.90. The van der Waals surface area contributed by atoms with Crippen LogP contribution in [0.2, 0.25) is 0 Å². The van der Waals surface area contributed by atoms with Crippen LogP contribution in [0.3, 0.4) is 0 Å². The Balaban J connectivity index is 1.59. The van der Waals surface area contributed by atoms with Gasteiger partial charge in [-0.3, -0.25) is 13.9 Å². The number of aromatic nitrogens is 4. The zero-order valence-electron chi connectivity index (χ0n) is 17.0. The van der Waals surface area contributed by atoms with Crippen molar-refractivity contribution in [3.8, 4) is 0 Å². The number of quaternary nitrogens is 1. The molecule has 8 nitrogen and oxygen atoms in total. The van der Waals surface area contributed by atoms with Crippen LogP contribution in [-0.4, -0.2) is 44.9 Å². The van der Waals surface area contributed by atoms with Crippen molar-refractivity contribution in [2.24, 2.45) is 14.1 Å². The van der Waals surface area contributed by atoms with Gasteiger partial charge in [0.2, 0.25) is 0 Å². The summed E-state index contributed by atoms with van der Waals surface area (Å²) in [5, 5.41) is 0. The number of hydrogen-bond donors (Lipinski definition) is 1. The highest BCUT2D eigenvalue weighted by atomic mass is 19.1. The van der Waals surface area contributed by atoms with E-state index in [0.29, 0.717) is 29.9 Å². The van der Waals surface area contributed by atoms with Crippen LogP contribution in [0, 0.1) is 5.82 Å². The molecular weight excluding hydrogens is 375 g/mol. The second-order valence-electron chi connectivity index (χ2n) is 7.52. The van der Waals surface area contributed by atoms with Gasteiger partial charge in [-0.1, -0.05) is 12.1 Å². The molecule has 1 aliphatic heterocycles. The van der Waals surface area contributed by atoms with Gasteiger partial charge in [0.15, 0.2) is 17.0 Å². The van der Waals surface area contributed by atoms with Gasteiger partial charge >= 0.3 is 5.69 Å². The largest absolute Gasteiger partial charge is 0.358 e. The smallest absolute Gasteiger partial charge is 0.332 e. The minimum atomic E-state index is -0.374. The molecule has 0 atom stereocenters. The Morgan fingerprint density at radius 1 is 1.10 bits per heavy atom. The Hall–Kier alpha value is -2.94. The molecule has 1 aliphatic rings. The molecule has 0 bridgehead atoms. The van der Waals surface area contributed by atoms with Gasteiger partial charge < -0.3 is 14.4 Å². The molecule has 0 spiro atoms. The predicted molar refractivity (Wildman–Crippen MR) is 109 cm³/mol. The lowest BCUT2D eigenvalue weighted by Gasteiger charge is -2.33. The number of para-hydroxylation sites is 1. The van der Waals surface area contributed by atoms with Crippen LogP contribution < -0.4 is 21.0 Å². The normalized spacial score (nSPS) is 15.4. The Kier molecular flexibility index (Phi) is 4.99. The summed E-state index contributed by atoms with van der Waals surface area (Å²) >= 11 is 0. The number of rotatable bonds is 4. The Labute approximate surface area is 167 Å². The van der Waals surface area contributed by atoms with Crippen molar-refractivity contribution in [3.05, 3.63) is 56.7 Å². The van der Waals surface area contributed by atoms with Crippen molar-refractivity contribution in [2.45, 2.75) is 20.0 Å². The van der Waals surface area contributed by atoms with Crippen LogP contribution in [0.15, 0.2) is 33.9 Å². The third kappa shape index (κ3) is 3.25. The van der Waals surface area contributed by atoms with Crippen molar-refractivity contribution < 1.29 is 9.29 Å². The van der Waals surface area contributed by atoms with Crippen molar-refractivity contribution in [2.75, 3.05) is 31.1 Å². The summed E-state index contributed by atoms with van der Waals surface area (Å²) in [7, 11) is 3.13. The van der Waals surface area contributed by atoms with Gasteiger partial charge in [0.1, 0.15) is 12.4 Å². The summed E-state index contributed by atoms with van der Waals surface area (Å²) in [6.45, 7) is 6.43. The first-order chi connectivity index (χ1) is 13.9. The average molecular weight is 401 g/mol. The van der Waals surface area contributed by atoms with Crippen LogP contribution >= 0.6 is 0 Å². The molecule has 29 heavy (non-hydrogen) atoms. The van der Waals surface area contributed by atoms with Gasteiger partial charge in [0.05, 0.1) is 31.9 Å². The third-order valence-corrected chi connectivity index (χ3v) is 5.82. The van der Waals surface area contributed by atoms with E-state index >= 15 is 0 Å². The van der Waals surface area contributed by atoms with Gasteiger partial charge in [-0.2, -0.15) is 0 Å². The summed E-state index contributed by atoms with van der Waals surface area (Å²) < 4.78 is 18.5. The molecule has 0 radical (unpaired) electrons. The number of benzene rings is 1. The predicted octanol–water partition coefficient (Wildman–Crippen LogP) is -0.502. The van der Waals surface area contributed by atoms with Crippen molar-refractivity contribution in [1.82, 2.24) is 18.7 Å². The van der Waals surface area contributed by atoms with E-state index in [1.165, 1.54) is 22.6 Å². The topological polar surface area (TPSA) is 69.5 Å². The van der Waals surface area contributed by atoms with E-state index in [-0.39, 0.29) is 17.1 Å². The molecule has 154 valence electrons. The molecule has 4 rings (SSSR count). The molecule has 3 heterocycles. The first-order valence-corrected chi connectivity index (χ1v) is 9.90. The summed E-state index contributed by atoms with van der Waals surface area (Å²) in [5.41, 5.74) is 0.852. The van der Waals surface area contributed by atoms with E-state index in [4.69, 9.17) is 0 Å². The number of aryl methyl sites for hydroxylation is 2. The van der Waals surface area contributed by atoms with Crippen LogP contribution in [0.25, 0.3) is 11.2 Å². The molecule has 9 heteroatoms. The molecule has 1 saturated heterocycles. The second-order valence-corrected chi connectivity index (χ2v) is 7.52. The fraction of sp³-hybridized carbons (Fsp3) is 0.450. The highest BCUT2D eigenvalue weighted by Gasteiger charge is 2.25. The highest BCUT2D eigenvalue weighted by molar-refractivity contribution is 5.71. The molecule has 1 aromatic carbocycles. The van der Waals surface area contributed by atoms with Crippen LogP contribution in [0.4, 0.5) is 10.1 Å². The first kappa shape index (κ1) is 19.4. The van der Waals surface area contributed by atoms with E-state index in [9.17, 15) is 14.0 Å². The van der Waals surface area contributed by atoms with Crippen molar-refractivity contribution in [3.63, 3.8) is 0 Å². The Morgan fingerprint density at radius 2 is 1.79 bits per heavy atom. The second kappa shape index (κ2) is 7.47. The van der Waals surface area contributed by atoms with Crippen molar-refractivity contribution in [1.29, 1.82) is 0 Å². The Bertz CT molecular complexity index is 1170. The van der Waals surface area contributed by atoms with E-state index in [1.54, 1.807) is 13.1 Å². The fourth-order valence-corrected chi connectivity index (χ4v) is 4.14. The fourth-order valence-electron chi connectivity index (χ4n) is 4.14. The number of hydrogen-bond acceptors (Lipinski definition) is 4. The van der Waals surface area contributed by atoms with Crippen molar-refractivity contribution >= 4 is 16.9 Å². The van der Waals surface area contributed by atoms with Gasteiger partial charge in [-0.15, -0.1) is 0 Å². The van der Waals surface area contributed by atoms with E-state index in [1.807, 2.05) is 23.6 Å². The number of imidazole rings is 1. The highest BCUT2D eigenvalue weighted by Crippen LogP contribution is 2.18. The maximum absolute atomic E-state index is 14.1. The molecular formula is C20H26FN6O2+. The zero-order valence-corrected chi connectivity index (χ0v) is 17.0. The van der Waals surface area contributed by atoms with E-state index in [2.05, 4.69) is 9.88 Å². The molecule has 1 fully saturated rings. The summed E-state index contributed by atoms with van der Waals surface area (Å²) in [4.78, 5) is 32.9. The van der Waals surface area contributed by atoms with Gasteiger partial charge in [0.25, 0.3) is 5.56 Å². The molecule has 0 amide bonds. The number of piperazine rings is 1. The minimum Gasteiger partial charge on any atom is -0.358 e. The number of anilines is 1. The number of nitrogens with one attached hydrogen (secondary N) is 1. The van der Waals surface area contributed by atoms with Gasteiger partial charge in [-0.05, 0) is 19.1 Å². The minimum absolute atomic E-state index is 0.194. The Morgan fingerprint density at radius 3 is 2.45 bits per heavy atom. The average Bonchev–Trinajstić information content (AvgIpc) is 3.10. The molecule has 3 aromatic rings. The lowest BCUT2D eigenvalue weighted by molar-refractivity contribution is -0.915. The van der Waals surface area contributed by atoms with E-state index in [0.717, 1.165) is 36.6 Å². The maximum Gasteiger partial charge on any atom is 0.332 e. The number of nitrogens with zero attached hydrogens (tertiary/aromatic N) is 5. The number of halogens is 1. The van der Waals surface area contributed by atoms with Crippen LogP contribution in [0.1, 0.15) is 12.7 Å². The zero-order chi connectivity index (χ0) is 20.7. The van der Waals surface area contributed by atoms with Gasteiger partial charge in [0, 0.05) is 20.6 Å². The molecule has 1 N–H and O–H groups in total. The monoisotopic (exact) mass is 401 g/mol. The summed E-state index contributed by atoms with van der Waals surface area (Å²) in [6.07, 6.45) is 0. The maximum atomic E-state index is 14.1. The molecule has 2 aromatic heterocycles. The third-order valence-electron chi connectivity index (χ3n) is 5.82. The summed E-state index contributed by atoms with van der Waals surface area (Å²) in [5.74, 6) is 0.607. The summed E-state index contributed by atoms with van der Waals surface area (Å²) in [6, 6.07) is 6.86. The number of fused-ring (bicyclic) bond motifs is 1. The standard InChI is InChI=1S/C20H25FN6O2/c1-4-27-16(22-18-17(27)19(28)24(3)20(29)23(18)2)13-25-9-11-26(12-10-25)15-8-6-5-7-14(15)21/h5-8H,4,9-13H2,1-3H3/p+1. The lowest BCUT2D eigenvalue weighted by atomic mass is 10.2.